The zero-order chi connectivity index (χ0) is 24.6. The smallest absolute Gasteiger partial charge is 0.410 e. The largest absolute Gasteiger partial charge is 0.470 e. The van der Waals surface area contributed by atoms with Gasteiger partial charge in [0.05, 0.1) is 12.1 Å². The summed E-state index contributed by atoms with van der Waals surface area (Å²) in [6, 6.07) is -0.192. The molecule has 0 spiro atoms. The molecule has 3 aliphatic heterocycles. The number of nitrogens with one attached hydrogen (secondary N) is 2. The molecule has 188 valence electrons. The number of ether oxygens (including phenoxy) is 2. The Hall–Kier alpha value is -1.98. The van der Waals surface area contributed by atoms with Crippen LogP contribution in [0.4, 0.5) is 14.9 Å². The molecule has 12 heteroatoms. The van der Waals surface area contributed by atoms with Crippen molar-refractivity contribution >= 4 is 40.3 Å². The highest BCUT2D eigenvalue weighted by molar-refractivity contribution is 8.13. The van der Waals surface area contributed by atoms with Crippen molar-refractivity contribution in [2.75, 3.05) is 12.8 Å². The van der Waals surface area contributed by atoms with E-state index >= 15 is 0 Å². The lowest BCUT2D eigenvalue weighted by Crippen LogP contribution is -2.64. The number of fused-ring (bicyclic) bond motifs is 3. The molecule has 1 aromatic rings. The van der Waals surface area contributed by atoms with Crippen molar-refractivity contribution in [3.05, 3.63) is 11.0 Å². The van der Waals surface area contributed by atoms with Gasteiger partial charge in [-0.05, 0) is 46.3 Å². The summed E-state index contributed by atoms with van der Waals surface area (Å²) in [5.74, 6) is -0.665. The third-order valence-electron chi connectivity index (χ3n) is 6.04. The number of hydrogen-bond acceptors (Lipinski definition) is 9. The summed E-state index contributed by atoms with van der Waals surface area (Å²) < 4.78 is 26.7. The van der Waals surface area contributed by atoms with Gasteiger partial charge in [0, 0.05) is 12.6 Å². The van der Waals surface area contributed by atoms with E-state index in [4.69, 9.17) is 25.9 Å². The van der Waals surface area contributed by atoms with Gasteiger partial charge in [-0.3, -0.25) is 4.90 Å². The van der Waals surface area contributed by atoms with Gasteiger partial charge in [0.25, 0.3) is 5.88 Å². The second-order valence-electron chi connectivity index (χ2n) is 9.59. The molecule has 34 heavy (non-hydrogen) atoms. The molecule has 0 aliphatic carbocycles. The van der Waals surface area contributed by atoms with Crippen LogP contribution in [-0.4, -0.2) is 63.8 Å². The van der Waals surface area contributed by atoms with E-state index < -0.39 is 11.4 Å². The maximum atomic E-state index is 14.7. The van der Waals surface area contributed by atoms with E-state index in [9.17, 15) is 9.18 Å². The molecule has 4 rings (SSSR count). The van der Waals surface area contributed by atoms with Gasteiger partial charge in [-0.2, -0.15) is 10.5 Å². The van der Waals surface area contributed by atoms with Crippen LogP contribution in [0.3, 0.4) is 0 Å². The van der Waals surface area contributed by atoms with E-state index in [2.05, 4.69) is 27.7 Å². The normalized spacial score (nSPS) is 24.5. The highest BCUT2D eigenvalue weighted by atomic mass is 35.5. The number of hydrogen-bond donors (Lipinski definition) is 2. The predicted octanol–water partition coefficient (Wildman–Crippen LogP) is 4.41. The highest BCUT2D eigenvalue weighted by Crippen LogP contribution is 2.44. The predicted molar refractivity (Wildman–Crippen MR) is 130 cm³/mol. The number of piperazine rings is 1. The molecule has 4 heterocycles. The number of amides is 1. The molecule has 2 fully saturated rings. The Morgan fingerprint density at radius 3 is 2.85 bits per heavy atom. The number of rotatable bonds is 5. The number of amidine groups is 1. The number of halogens is 2. The molecule has 2 saturated heterocycles. The first-order chi connectivity index (χ1) is 16.1. The monoisotopic (exact) mass is 515 g/mol. The van der Waals surface area contributed by atoms with Gasteiger partial charge in [-0.15, -0.1) is 0 Å². The van der Waals surface area contributed by atoms with Gasteiger partial charge in [0.15, 0.2) is 21.8 Å². The Bertz CT molecular complexity index is 976. The summed E-state index contributed by atoms with van der Waals surface area (Å²) in [5.41, 5.74) is 2.03. The van der Waals surface area contributed by atoms with Crippen LogP contribution >= 0.6 is 23.4 Å². The number of aromatic nitrogens is 1. The van der Waals surface area contributed by atoms with Gasteiger partial charge in [0.1, 0.15) is 11.7 Å². The summed E-state index contributed by atoms with van der Waals surface area (Å²) in [7, 11) is 0. The van der Waals surface area contributed by atoms with Crippen molar-refractivity contribution in [3.8, 4) is 11.6 Å². The standard InChI is InChI=1S/C22H31ClFN5O4S/c1-6-7-13(15-12-9-8-11(10-25-15)29(12)21(30)32-22(2,3)4)31-19-17-16(14(24)18(23)27-19)26-20(34-5)28-33-17/h11-13,15,25H,6-10H2,1-5H3,(H,26,28)/t11-,12+,13+,15+/m1/s1. The van der Waals surface area contributed by atoms with Gasteiger partial charge >= 0.3 is 6.09 Å². The SMILES string of the molecule is CCC[C@H](Oc1nc(Cl)c(F)c2c1ONC(SC)=N2)[C@H]1NC[C@H]2CC[C@@H]1N2C(=O)OC(C)(C)C. The molecular formula is C22H31ClFN5O4S. The van der Waals surface area contributed by atoms with Crippen molar-refractivity contribution in [1.29, 1.82) is 0 Å². The van der Waals surface area contributed by atoms with Crippen LogP contribution < -0.4 is 20.4 Å². The van der Waals surface area contributed by atoms with E-state index in [0.29, 0.717) is 18.1 Å². The van der Waals surface area contributed by atoms with Crippen LogP contribution in [0.5, 0.6) is 11.6 Å². The molecule has 1 aromatic heterocycles. The fourth-order valence-corrected chi connectivity index (χ4v) is 5.13. The number of carbonyl (C=O) groups is 1. The Labute approximate surface area is 208 Å². The molecule has 9 nitrogen and oxygen atoms in total. The molecule has 4 atom stereocenters. The molecule has 0 saturated carbocycles. The van der Waals surface area contributed by atoms with Crippen LogP contribution in [-0.2, 0) is 4.74 Å². The summed E-state index contributed by atoms with van der Waals surface area (Å²) in [6.07, 6.45) is 4.34. The van der Waals surface area contributed by atoms with E-state index in [1.807, 2.05) is 25.7 Å². The third kappa shape index (κ3) is 5.01. The second kappa shape index (κ2) is 9.94. The quantitative estimate of drug-likeness (QED) is 0.557. The number of hydroxylamine groups is 1. The number of thioether (sulfide) groups is 1. The first kappa shape index (κ1) is 25.1. The number of pyridine rings is 1. The fraction of sp³-hybridized carbons (Fsp3) is 0.682. The fourth-order valence-electron chi connectivity index (χ4n) is 4.66. The van der Waals surface area contributed by atoms with Gasteiger partial charge in [0.2, 0.25) is 5.75 Å². The molecule has 3 aliphatic rings. The third-order valence-corrected chi connectivity index (χ3v) is 6.85. The summed E-state index contributed by atoms with van der Waals surface area (Å²) in [4.78, 5) is 28.8. The van der Waals surface area contributed by atoms with Crippen LogP contribution in [0.25, 0.3) is 0 Å². The minimum Gasteiger partial charge on any atom is -0.470 e. The zero-order valence-corrected chi connectivity index (χ0v) is 21.6. The molecule has 0 radical (unpaired) electrons. The van der Waals surface area contributed by atoms with E-state index in [0.717, 1.165) is 19.3 Å². The van der Waals surface area contributed by atoms with Gasteiger partial charge in [-0.1, -0.05) is 36.7 Å². The first-order valence-corrected chi connectivity index (χ1v) is 13.1. The molecule has 0 unspecified atom stereocenters. The highest BCUT2D eigenvalue weighted by Gasteiger charge is 2.49. The minimum atomic E-state index is -0.769. The molecule has 2 N–H and O–H groups in total. The number of aliphatic imine (C=N–C) groups is 1. The molecule has 0 aromatic carbocycles. The topological polar surface area (TPSA) is 97.3 Å². The molecular weight excluding hydrogens is 485 g/mol. The molecule has 1 amide bonds. The molecule has 2 bridgehead atoms. The Morgan fingerprint density at radius 2 is 2.18 bits per heavy atom. The van der Waals surface area contributed by atoms with Crippen molar-refractivity contribution < 1.29 is 23.5 Å². The lowest BCUT2D eigenvalue weighted by Gasteiger charge is -2.43. The first-order valence-electron chi connectivity index (χ1n) is 11.5. The van der Waals surface area contributed by atoms with Crippen LogP contribution in [0.1, 0.15) is 53.4 Å². The van der Waals surface area contributed by atoms with Crippen molar-refractivity contribution in [3.63, 3.8) is 0 Å². The Kier molecular flexibility index (Phi) is 7.35. The minimum absolute atomic E-state index is 0.0462. The summed E-state index contributed by atoms with van der Waals surface area (Å²) in [6.45, 7) is 8.28. The van der Waals surface area contributed by atoms with E-state index in [1.165, 1.54) is 11.8 Å². The summed E-state index contributed by atoms with van der Waals surface area (Å²) >= 11 is 7.35. The van der Waals surface area contributed by atoms with Crippen molar-refractivity contribution in [2.24, 2.45) is 4.99 Å². The van der Waals surface area contributed by atoms with Gasteiger partial charge in [-0.25, -0.2) is 14.2 Å². The van der Waals surface area contributed by atoms with E-state index in [1.54, 1.807) is 6.26 Å². The van der Waals surface area contributed by atoms with Crippen LogP contribution in [0, 0.1) is 5.82 Å². The zero-order valence-electron chi connectivity index (χ0n) is 20.0. The van der Waals surface area contributed by atoms with E-state index in [-0.39, 0.29) is 52.8 Å². The van der Waals surface area contributed by atoms with Crippen LogP contribution in [0.2, 0.25) is 5.15 Å². The number of carbonyl (C=O) groups excluding carboxylic acids is 1. The Balaban J connectivity index is 1.62. The Morgan fingerprint density at radius 1 is 1.41 bits per heavy atom. The maximum Gasteiger partial charge on any atom is 0.410 e. The van der Waals surface area contributed by atoms with Gasteiger partial charge < -0.3 is 19.6 Å². The van der Waals surface area contributed by atoms with Crippen molar-refractivity contribution in [2.45, 2.75) is 83.2 Å². The maximum absolute atomic E-state index is 14.7. The summed E-state index contributed by atoms with van der Waals surface area (Å²) in [5, 5.41) is 3.61. The second-order valence-corrected chi connectivity index (χ2v) is 10.7. The average Bonchev–Trinajstić information content (AvgIpc) is 3.09. The lowest BCUT2D eigenvalue weighted by molar-refractivity contribution is -0.00804. The van der Waals surface area contributed by atoms with Crippen molar-refractivity contribution in [1.82, 2.24) is 20.7 Å². The average molecular weight is 516 g/mol. The number of nitrogens with zero attached hydrogens (tertiary/aromatic N) is 3. The van der Waals surface area contributed by atoms with Crippen LogP contribution in [0.15, 0.2) is 4.99 Å². The lowest BCUT2D eigenvalue weighted by atomic mass is 9.96.